The second kappa shape index (κ2) is 6.36. The van der Waals surface area contributed by atoms with E-state index in [-0.39, 0.29) is 5.91 Å². The van der Waals surface area contributed by atoms with Crippen LogP contribution in [0.3, 0.4) is 0 Å². The fourth-order valence-electron chi connectivity index (χ4n) is 2.93. The molecule has 1 N–H and O–H groups in total. The fourth-order valence-corrected chi connectivity index (χ4v) is 2.93. The van der Waals surface area contributed by atoms with Gasteiger partial charge in [0.25, 0.3) is 0 Å². The number of rotatable bonds is 5. The van der Waals surface area contributed by atoms with Crippen LogP contribution >= 0.6 is 0 Å². The molecule has 0 aromatic rings. The van der Waals surface area contributed by atoms with E-state index in [0.29, 0.717) is 25.0 Å². The minimum Gasteiger partial charge on any atom is -0.381 e. The van der Waals surface area contributed by atoms with Gasteiger partial charge in [0.1, 0.15) is 0 Å². The lowest BCUT2D eigenvalue weighted by Gasteiger charge is -2.37. The molecule has 2 fully saturated rings. The van der Waals surface area contributed by atoms with Crippen LogP contribution in [0.2, 0.25) is 0 Å². The zero-order chi connectivity index (χ0) is 12.1. The van der Waals surface area contributed by atoms with Crippen molar-refractivity contribution in [1.29, 1.82) is 0 Å². The number of fused-ring (bicyclic) bond motifs is 1. The molecule has 4 nitrogen and oxygen atoms in total. The van der Waals surface area contributed by atoms with Gasteiger partial charge in [-0.05, 0) is 25.2 Å². The van der Waals surface area contributed by atoms with E-state index in [0.717, 1.165) is 39.1 Å². The maximum atomic E-state index is 12.1. The average molecular weight is 240 g/mol. The molecule has 17 heavy (non-hydrogen) atoms. The van der Waals surface area contributed by atoms with Gasteiger partial charge in [-0.15, -0.1) is 0 Å². The molecule has 2 saturated heterocycles. The summed E-state index contributed by atoms with van der Waals surface area (Å²) in [5, 5.41) is 3.40. The molecule has 0 aliphatic carbocycles. The Morgan fingerprint density at radius 3 is 3.12 bits per heavy atom. The highest BCUT2D eigenvalue weighted by molar-refractivity contribution is 5.76. The van der Waals surface area contributed by atoms with E-state index in [1.165, 1.54) is 6.42 Å². The molecule has 2 aliphatic heterocycles. The van der Waals surface area contributed by atoms with Gasteiger partial charge in [-0.25, -0.2) is 0 Å². The summed E-state index contributed by atoms with van der Waals surface area (Å²) in [7, 11) is 0. The topological polar surface area (TPSA) is 41.6 Å². The Bertz CT molecular complexity index is 258. The zero-order valence-electron chi connectivity index (χ0n) is 10.8. The van der Waals surface area contributed by atoms with Crippen LogP contribution in [0.5, 0.6) is 0 Å². The molecular weight excluding hydrogens is 216 g/mol. The second-order valence-corrected chi connectivity index (χ2v) is 5.08. The molecule has 4 heteroatoms. The smallest absolute Gasteiger partial charge is 0.225 e. The maximum absolute atomic E-state index is 12.1. The van der Waals surface area contributed by atoms with Crippen LogP contribution in [0.15, 0.2) is 0 Å². The van der Waals surface area contributed by atoms with Crippen molar-refractivity contribution >= 4 is 5.91 Å². The van der Waals surface area contributed by atoms with Gasteiger partial charge in [-0.2, -0.15) is 0 Å². The number of hydrogen-bond acceptors (Lipinski definition) is 3. The Balaban J connectivity index is 1.77. The molecular formula is C13H24N2O2. The van der Waals surface area contributed by atoms with Crippen LogP contribution in [0.25, 0.3) is 0 Å². The van der Waals surface area contributed by atoms with E-state index in [1.54, 1.807) is 0 Å². The van der Waals surface area contributed by atoms with E-state index in [4.69, 9.17) is 4.74 Å². The van der Waals surface area contributed by atoms with Crippen molar-refractivity contribution in [1.82, 2.24) is 10.2 Å². The number of piperidine rings is 1. The van der Waals surface area contributed by atoms with Gasteiger partial charge in [-0.3, -0.25) is 4.79 Å². The van der Waals surface area contributed by atoms with Crippen molar-refractivity contribution in [2.24, 2.45) is 5.92 Å². The number of carbonyl (C=O) groups excluding carboxylic acids is 1. The van der Waals surface area contributed by atoms with E-state index in [2.05, 4.69) is 17.1 Å². The predicted molar refractivity (Wildman–Crippen MR) is 66.8 cm³/mol. The fraction of sp³-hybridized carbons (Fsp3) is 0.923. The Morgan fingerprint density at radius 2 is 2.29 bits per heavy atom. The highest BCUT2D eigenvalue weighted by Crippen LogP contribution is 2.26. The first-order valence-electron chi connectivity index (χ1n) is 6.91. The van der Waals surface area contributed by atoms with E-state index in [1.807, 2.05) is 0 Å². The largest absolute Gasteiger partial charge is 0.381 e. The second-order valence-electron chi connectivity index (χ2n) is 5.08. The highest BCUT2D eigenvalue weighted by Gasteiger charge is 2.36. The van der Waals surface area contributed by atoms with Gasteiger partial charge in [0, 0.05) is 32.3 Å². The third-order valence-corrected chi connectivity index (χ3v) is 3.81. The van der Waals surface area contributed by atoms with Gasteiger partial charge in [0.15, 0.2) is 0 Å². The van der Waals surface area contributed by atoms with Gasteiger partial charge >= 0.3 is 0 Å². The molecule has 2 heterocycles. The first-order chi connectivity index (χ1) is 8.33. The molecule has 0 bridgehead atoms. The molecule has 0 aromatic heterocycles. The van der Waals surface area contributed by atoms with E-state index < -0.39 is 0 Å². The Hall–Kier alpha value is -0.610. The lowest BCUT2D eigenvalue weighted by Crippen LogP contribution is -2.48. The van der Waals surface area contributed by atoms with Crippen molar-refractivity contribution in [2.75, 3.05) is 32.8 Å². The van der Waals surface area contributed by atoms with Crippen molar-refractivity contribution in [3.05, 3.63) is 0 Å². The summed E-state index contributed by atoms with van der Waals surface area (Å²) in [4.78, 5) is 14.2. The summed E-state index contributed by atoms with van der Waals surface area (Å²) >= 11 is 0. The standard InChI is InChI=1S/C13H24N2O2/c1-2-7-17-8-5-13(16)15-6-3-4-11-9-14-10-12(11)15/h11-12,14H,2-10H2,1H3. The van der Waals surface area contributed by atoms with Gasteiger partial charge in [-0.1, -0.05) is 6.92 Å². The van der Waals surface area contributed by atoms with Crippen LogP contribution in [0.1, 0.15) is 32.6 Å². The molecule has 2 atom stereocenters. The summed E-state index contributed by atoms with van der Waals surface area (Å²) in [5.74, 6) is 0.962. The average Bonchev–Trinajstić information content (AvgIpc) is 2.82. The summed E-state index contributed by atoms with van der Waals surface area (Å²) in [6.07, 6.45) is 3.99. The number of hydrogen-bond donors (Lipinski definition) is 1. The van der Waals surface area contributed by atoms with Gasteiger partial charge in [0.05, 0.1) is 13.0 Å². The molecule has 1 amide bonds. The van der Waals surface area contributed by atoms with Crippen LogP contribution in [0, 0.1) is 5.92 Å². The zero-order valence-corrected chi connectivity index (χ0v) is 10.8. The molecule has 2 rings (SSSR count). The minimum atomic E-state index is 0.277. The molecule has 98 valence electrons. The van der Waals surface area contributed by atoms with Crippen LogP contribution in [0.4, 0.5) is 0 Å². The van der Waals surface area contributed by atoms with Gasteiger partial charge in [0.2, 0.25) is 5.91 Å². The summed E-state index contributed by atoms with van der Waals surface area (Å²) in [6, 6.07) is 0.447. The van der Waals surface area contributed by atoms with Gasteiger partial charge < -0.3 is 15.0 Å². The third-order valence-electron chi connectivity index (χ3n) is 3.81. The lowest BCUT2D eigenvalue weighted by atomic mass is 9.92. The van der Waals surface area contributed by atoms with E-state index in [9.17, 15) is 4.79 Å². The van der Waals surface area contributed by atoms with Crippen molar-refractivity contribution in [3.63, 3.8) is 0 Å². The maximum Gasteiger partial charge on any atom is 0.225 e. The lowest BCUT2D eigenvalue weighted by molar-refractivity contribution is -0.136. The summed E-state index contributed by atoms with van der Waals surface area (Å²) in [5.41, 5.74) is 0. The minimum absolute atomic E-state index is 0.277. The molecule has 2 aliphatic rings. The predicted octanol–water partition coefficient (Wildman–Crippen LogP) is 1.01. The van der Waals surface area contributed by atoms with Crippen LogP contribution in [-0.2, 0) is 9.53 Å². The number of ether oxygens (including phenoxy) is 1. The molecule has 0 saturated carbocycles. The number of nitrogens with zero attached hydrogens (tertiary/aromatic N) is 1. The number of nitrogens with one attached hydrogen (secondary N) is 1. The molecule has 0 aromatic carbocycles. The van der Waals surface area contributed by atoms with Crippen molar-refractivity contribution in [3.8, 4) is 0 Å². The first kappa shape index (κ1) is 12.8. The monoisotopic (exact) mass is 240 g/mol. The van der Waals surface area contributed by atoms with Crippen LogP contribution < -0.4 is 5.32 Å². The van der Waals surface area contributed by atoms with E-state index >= 15 is 0 Å². The molecule has 2 unspecified atom stereocenters. The quantitative estimate of drug-likeness (QED) is 0.729. The number of carbonyl (C=O) groups is 1. The number of likely N-dealkylation sites (tertiary alicyclic amines) is 1. The SMILES string of the molecule is CCCOCCC(=O)N1CCCC2CNCC21. The Kier molecular flexibility index (Phi) is 4.80. The summed E-state index contributed by atoms with van der Waals surface area (Å²) < 4.78 is 5.39. The number of amides is 1. The molecule has 0 spiro atoms. The Labute approximate surface area is 104 Å². The molecule has 0 radical (unpaired) electrons. The normalized spacial score (nSPS) is 28.2. The third kappa shape index (κ3) is 3.19. The Morgan fingerprint density at radius 1 is 1.41 bits per heavy atom. The van der Waals surface area contributed by atoms with Crippen molar-refractivity contribution in [2.45, 2.75) is 38.6 Å². The van der Waals surface area contributed by atoms with Crippen LogP contribution in [-0.4, -0.2) is 49.7 Å². The first-order valence-corrected chi connectivity index (χ1v) is 6.91. The summed E-state index contributed by atoms with van der Waals surface area (Å²) in [6.45, 7) is 6.43. The van der Waals surface area contributed by atoms with Crippen molar-refractivity contribution < 1.29 is 9.53 Å². The highest BCUT2D eigenvalue weighted by atomic mass is 16.5.